The summed E-state index contributed by atoms with van der Waals surface area (Å²) in [5.74, 6) is -0.102. The van der Waals surface area contributed by atoms with Crippen LogP contribution in [0.1, 0.15) is 61.3 Å². The maximum atomic E-state index is 13.1. The number of aliphatic hydroxyl groups is 1. The first-order chi connectivity index (χ1) is 19.2. The van der Waals surface area contributed by atoms with E-state index in [-0.39, 0.29) is 43.1 Å². The van der Waals surface area contributed by atoms with Gasteiger partial charge in [-0.1, -0.05) is 44.5 Å². The van der Waals surface area contributed by atoms with Gasteiger partial charge in [0.05, 0.1) is 17.8 Å². The number of nitrogens with one attached hydrogen (secondary N) is 4. The van der Waals surface area contributed by atoms with Crippen LogP contribution in [-0.2, 0) is 9.53 Å². The fourth-order valence-corrected chi connectivity index (χ4v) is 4.52. The summed E-state index contributed by atoms with van der Waals surface area (Å²) < 4.78 is 5.55. The maximum Gasteiger partial charge on any atom is 0.323 e. The van der Waals surface area contributed by atoms with Gasteiger partial charge in [-0.15, -0.1) is 0 Å². The number of benzene rings is 1. The summed E-state index contributed by atoms with van der Waals surface area (Å²) in [5.41, 5.74) is 3.39. The van der Waals surface area contributed by atoms with Crippen molar-refractivity contribution in [2.75, 3.05) is 25.6 Å². The molecule has 0 radical (unpaired) electrons. The monoisotopic (exact) mass is 570 g/mol. The summed E-state index contributed by atoms with van der Waals surface area (Å²) in [6.45, 7) is 7.90. The second-order valence-electron chi connectivity index (χ2n) is 10.0. The summed E-state index contributed by atoms with van der Waals surface area (Å²) in [6.07, 6.45) is 4.47. The van der Waals surface area contributed by atoms with Gasteiger partial charge >= 0.3 is 5.97 Å². The van der Waals surface area contributed by atoms with Crippen molar-refractivity contribution in [1.29, 1.82) is 0 Å². The summed E-state index contributed by atoms with van der Waals surface area (Å²) in [7, 11) is 1.74. The van der Waals surface area contributed by atoms with Crippen molar-refractivity contribution >= 4 is 29.4 Å². The number of ether oxygens (including phenoxy) is 1. The first-order valence-corrected chi connectivity index (χ1v) is 13.8. The summed E-state index contributed by atoms with van der Waals surface area (Å²) >= 11 is 6.12. The minimum Gasteiger partial charge on any atom is -0.462 e. The molecule has 216 valence electrons. The molecule has 3 aromatic rings. The molecule has 11 heteroatoms. The predicted molar refractivity (Wildman–Crippen MR) is 156 cm³/mol. The van der Waals surface area contributed by atoms with Crippen molar-refractivity contribution in [1.82, 2.24) is 25.6 Å². The lowest BCUT2D eigenvalue weighted by atomic mass is 10.0. The number of aromatic amines is 1. The number of H-pyrrole nitrogens is 1. The van der Waals surface area contributed by atoms with Crippen molar-refractivity contribution in [2.45, 2.75) is 58.7 Å². The molecule has 3 rings (SSSR count). The lowest BCUT2D eigenvalue weighted by Gasteiger charge is -2.22. The van der Waals surface area contributed by atoms with E-state index in [9.17, 15) is 14.7 Å². The number of aromatic nitrogens is 3. The zero-order valence-corrected chi connectivity index (χ0v) is 24.4. The lowest BCUT2D eigenvalue weighted by Crippen LogP contribution is -2.41. The van der Waals surface area contributed by atoms with Crippen LogP contribution in [0.3, 0.4) is 0 Å². The van der Waals surface area contributed by atoms with Gasteiger partial charge in [0.2, 0.25) is 5.95 Å². The van der Waals surface area contributed by atoms with E-state index in [1.165, 1.54) is 0 Å². The van der Waals surface area contributed by atoms with Crippen molar-refractivity contribution in [3.8, 4) is 11.3 Å². The second-order valence-corrected chi connectivity index (χ2v) is 10.4. The molecule has 0 saturated heterocycles. The van der Waals surface area contributed by atoms with Crippen molar-refractivity contribution < 1.29 is 19.4 Å². The minimum atomic E-state index is -0.399. The molecule has 0 unspecified atom stereocenters. The Morgan fingerprint density at radius 3 is 2.65 bits per heavy atom. The molecule has 2 heterocycles. The average Bonchev–Trinajstić information content (AvgIpc) is 3.42. The standard InChI is InChI=1S/C29H39ClN6O4/c1-6-22(16-40-28(39)25(31-5)17(2)3)34-29-33-14-18(4)26(36-29)20-13-24(32-15-20)27(38)35-23(10-11-37)19-8-7-9-21(30)12-19/h7-9,12-15,17,22-23,25,31-32,37H,6,10-11,16H2,1-5H3,(H,35,38)(H,33,34,36)/t22-,23-,25+/m1/s1. The number of anilines is 1. The van der Waals surface area contributed by atoms with E-state index in [1.54, 1.807) is 37.6 Å². The van der Waals surface area contributed by atoms with E-state index in [2.05, 4.69) is 30.9 Å². The van der Waals surface area contributed by atoms with E-state index in [0.29, 0.717) is 35.2 Å². The number of likely N-dealkylation sites (N-methyl/N-ethyl adjacent to an activating group) is 1. The van der Waals surface area contributed by atoms with Crippen LogP contribution in [0.4, 0.5) is 5.95 Å². The molecular formula is C29H39ClN6O4. The highest BCUT2D eigenvalue weighted by atomic mass is 35.5. The van der Waals surface area contributed by atoms with Crippen LogP contribution in [0, 0.1) is 12.8 Å². The first kappa shape index (κ1) is 31.1. The highest BCUT2D eigenvalue weighted by molar-refractivity contribution is 6.30. The van der Waals surface area contributed by atoms with Crippen LogP contribution >= 0.6 is 11.6 Å². The lowest BCUT2D eigenvalue weighted by molar-refractivity contribution is -0.147. The number of carbonyl (C=O) groups excluding carboxylic acids is 2. The number of hydrogen-bond acceptors (Lipinski definition) is 8. The smallest absolute Gasteiger partial charge is 0.323 e. The highest BCUT2D eigenvalue weighted by Crippen LogP contribution is 2.25. The number of aryl methyl sites for hydroxylation is 1. The number of rotatable bonds is 14. The predicted octanol–water partition coefficient (Wildman–Crippen LogP) is 4.26. The number of halogens is 1. The molecule has 0 bridgehead atoms. The van der Waals surface area contributed by atoms with Crippen LogP contribution in [0.15, 0.2) is 42.7 Å². The zero-order chi connectivity index (χ0) is 29.2. The quantitative estimate of drug-likeness (QED) is 0.181. The molecule has 0 aliphatic heterocycles. The van der Waals surface area contributed by atoms with Gasteiger partial charge in [-0.25, -0.2) is 9.97 Å². The van der Waals surface area contributed by atoms with Crippen LogP contribution in [-0.4, -0.2) is 64.3 Å². The van der Waals surface area contributed by atoms with Gasteiger partial charge in [-0.2, -0.15) is 0 Å². The van der Waals surface area contributed by atoms with Gasteiger partial charge < -0.3 is 30.8 Å². The minimum absolute atomic E-state index is 0.0882. The molecule has 40 heavy (non-hydrogen) atoms. The largest absolute Gasteiger partial charge is 0.462 e. The Labute approximate surface area is 240 Å². The Kier molecular flexibility index (Phi) is 11.5. The Bertz CT molecular complexity index is 1280. The molecule has 10 nitrogen and oxygen atoms in total. The SMILES string of the molecule is CC[C@H](COC(=O)[C@@H](NC)C(C)C)Nc1ncc(C)c(-c2c[nH]c(C(=O)N[C@H](CCO)c3cccc(Cl)c3)c2)n1. The van der Waals surface area contributed by atoms with E-state index < -0.39 is 6.04 Å². The van der Waals surface area contributed by atoms with Gasteiger partial charge in [-0.05, 0) is 62.1 Å². The molecule has 1 amide bonds. The van der Waals surface area contributed by atoms with Crippen molar-refractivity contribution in [3.05, 3.63) is 64.6 Å². The second kappa shape index (κ2) is 14.8. The molecule has 1 aromatic carbocycles. The van der Waals surface area contributed by atoms with Gasteiger partial charge in [0, 0.05) is 29.6 Å². The van der Waals surface area contributed by atoms with Crippen LogP contribution in [0.25, 0.3) is 11.3 Å². The Morgan fingerprint density at radius 1 is 1.23 bits per heavy atom. The maximum absolute atomic E-state index is 13.1. The number of amides is 1. The van der Waals surface area contributed by atoms with E-state index in [1.807, 2.05) is 39.8 Å². The fraction of sp³-hybridized carbons (Fsp3) is 0.448. The van der Waals surface area contributed by atoms with Gasteiger partial charge in [0.15, 0.2) is 0 Å². The molecule has 0 spiro atoms. The molecule has 0 fully saturated rings. The Hall–Kier alpha value is -3.47. The Balaban J connectivity index is 1.71. The molecule has 0 aliphatic rings. The average molecular weight is 571 g/mol. The molecule has 0 aliphatic carbocycles. The topological polar surface area (TPSA) is 141 Å². The van der Waals surface area contributed by atoms with Crippen LogP contribution < -0.4 is 16.0 Å². The van der Waals surface area contributed by atoms with Crippen LogP contribution in [0.2, 0.25) is 5.02 Å². The normalized spacial score (nSPS) is 13.5. The summed E-state index contributed by atoms with van der Waals surface area (Å²) in [6, 6.07) is 7.98. The third-order valence-corrected chi connectivity index (χ3v) is 6.87. The molecule has 2 aromatic heterocycles. The third-order valence-electron chi connectivity index (χ3n) is 6.63. The Morgan fingerprint density at radius 2 is 2.00 bits per heavy atom. The first-order valence-electron chi connectivity index (χ1n) is 13.5. The van der Waals surface area contributed by atoms with Crippen molar-refractivity contribution in [2.24, 2.45) is 5.92 Å². The third kappa shape index (κ3) is 8.27. The number of carbonyl (C=O) groups is 2. The zero-order valence-electron chi connectivity index (χ0n) is 23.6. The highest BCUT2D eigenvalue weighted by Gasteiger charge is 2.23. The van der Waals surface area contributed by atoms with E-state index in [4.69, 9.17) is 16.3 Å². The number of aliphatic hydroxyl groups excluding tert-OH is 1. The van der Waals surface area contributed by atoms with Crippen LogP contribution in [0.5, 0.6) is 0 Å². The van der Waals surface area contributed by atoms with Crippen molar-refractivity contribution in [3.63, 3.8) is 0 Å². The summed E-state index contributed by atoms with van der Waals surface area (Å²) in [4.78, 5) is 37.6. The molecular weight excluding hydrogens is 532 g/mol. The molecule has 0 saturated carbocycles. The molecule has 3 atom stereocenters. The number of hydrogen-bond donors (Lipinski definition) is 5. The fourth-order valence-electron chi connectivity index (χ4n) is 4.32. The van der Waals surface area contributed by atoms with Gasteiger partial charge in [-0.3, -0.25) is 9.59 Å². The number of nitrogens with zero attached hydrogens (tertiary/aromatic N) is 2. The van der Waals surface area contributed by atoms with E-state index >= 15 is 0 Å². The van der Waals surface area contributed by atoms with Gasteiger partial charge in [0.1, 0.15) is 18.3 Å². The van der Waals surface area contributed by atoms with E-state index in [0.717, 1.165) is 16.7 Å². The number of esters is 1. The molecule has 5 N–H and O–H groups in total. The van der Waals surface area contributed by atoms with Gasteiger partial charge in [0.25, 0.3) is 5.91 Å². The summed E-state index contributed by atoms with van der Waals surface area (Å²) in [5, 5.41) is 19.3.